The number of aromatic amines is 2. The van der Waals surface area contributed by atoms with Crippen molar-refractivity contribution in [3.05, 3.63) is 83.9 Å². The second kappa shape index (κ2) is 8.46. The molecule has 0 unspecified atom stereocenters. The van der Waals surface area contributed by atoms with Crippen molar-refractivity contribution in [3.8, 4) is 0 Å². The number of carboxylic acids is 1. The van der Waals surface area contributed by atoms with Crippen molar-refractivity contribution in [1.29, 1.82) is 0 Å². The van der Waals surface area contributed by atoms with Crippen LogP contribution >= 0.6 is 12.4 Å². The average molecular weight is 407 g/mol. The lowest BCUT2D eigenvalue weighted by Crippen LogP contribution is -2.29. The third-order valence-electron chi connectivity index (χ3n) is 3.95. The zero-order valence-electron chi connectivity index (χ0n) is 14.2. The standard InChI is InChI=1S/C17H14N4O6.ClH/c22-15-16(23)20-14-11(5-12(21(26)27)6-13(14)19-15)8-18-7-9-1-3-10(4-2-9)17(24)25;/h1-6,18H,7-8H2,(H,19,22)(H,20,23)(H,24,25);1H. The Morgan fingerprint density at radius 3 is 2.32 bits per heavy atom. The van der Waals surface area contributed by atoms with Crippen LogP contribution in [0, 0.1) is 10.1 Å². The van der Waals surface area contributed by atoms with Crippen LogP contribution in [0.5, 0.6) is 0 Å². The van der Waals surface area contributed by atoms with E-state index in [-0.39, 0.29) is 35.7 Å². The number of aromatic nitrogens is 2. The summed E-state index contributed by atoms with van der Waals surface area (Å²) in [4.78, 5) is 49.2. The second-order valence-corrected chi connectivity index (χ2v) is 5.80. The molecule has 10 nitrogen and oxygen atoms in total. The Morgan fingerprint density at radius 1 is 1.07 bits per heavy atom. The molecule has 0 atom stereocenters. The maximum Gasteiger partial charge on any atom is 0.335 e. The Kier molecular flexibility index (Phi) is 6.29. The third-order valence-corrected chi connectivity index (χ3v) is 3.95. The van der Waals surface area contributed by atoms with Gasteiger partial charge in [-0.1, -0.05) is 12.1 Å². The number of fused-ring (bicyclic) bond motifs is 1. The first-order chi connectivity index (χ1) is 12.8. The van der Waals surface area contributed by atoms with E-state index in [1.165, 1.54) is 24.3 Å². The lowest BCUT2D eigenvalue weighted by atomic mass is 10.1. The van der Waals surface area contributed by atoms with Gasteiger partial charge in [-0.15, -0.1) is 12.4 Å². The van der Waals surface area contributed by atoms with Crippen LogP contribution in [-0.4, -0.2) is 26.0 Å². The lowest BCUT2D eigenvalue weighted by molar-refractivity contribution is -0.384. The molecule has 3 aromatic rings. The average Bonchev–Trinajstić information content (AvgIpc) is 2.63. The molecular weight excluding hydrogens is 392 g/mol. The van der Waals surface area contributed by atoms with Gasteiger partial charge < -0.3 is 20.4 Å². The number of nitrogens with zero attached hydrogens (tertiary/aromatic N) is 1. The van der Waals surface area contributed by atoms with Gasteiger partial charge in [0.25, 0.3) is 5.69 Å². The van der Waals surface area contributed by atoms with E-state index in [2.05, 4.69) is 15.3 Å². The number of hydrogen-bond donors (Lipinski definition) is 4. The van der Waals surface area contributed by atoms with Crippen LogP contribution < -0.4 is 16.4 Å². The molecule has 0 aliphatic carbocycles. The van der Waals surface area contributed by atoms with Gasteiger partial charge in [0.05, 0.1) is 21.5 Å². The highest BCUT2D eigenvalue weighted by atomic mass is 35.5. The molecule has 0 fully saturated rings. The van der Waals surface area contributed by atoms with E-state index in [0.29, 0.717) is 17.6 Å². The molecule has 146 valence electrons. The Hall–Kier alpha value is -3.50. The highest BCUT2D eigenvalue weighted by Crippen LogP contribution is 2.21. The number of hydrogen-bond acceptors (Lipinski definition) is 6. The van der Waals surface area contributed by atoms with E-state index in [1.807, 2.05) is 0 Å². The Labute approximate surface area is 162 Å². The zero-order valence-corrected chi connectivity index (χ0v) is 15.0. The summed E-state index contributed by atoms with van der Waals surface area (Å²) < 4.78 is 0. The molecule has 1 aromatic heterocycles. The molecule has 1 heterocycles. The number of nitrogens with one attached hydrogen (secondary N) is 3. The maximum absolute atomic E-state index is 11.6. The van der Waals surface area contributed by atoms with Crippen LogP contribution in [-0.2, 0) is 13.1 Å². The highest BCUT2D eigenvalue weighted by molar-refractivity contribution is 5.87. The summed E-state index contributed by atoms with van der Waals surface area (Å²) >= 11 is 0. The first kappa shape index (κ1) is 20.8. The Morgan fingerprint density at radius 2 is 1.71 bits per heavy atom. The van der Waals surface area contributed by atoms with Gasteiger partial charge >= 0.3 is 17.1 Å². The van der Waals surface area contributed by atoms with Crippen LogP contribution in [0.15, 0.2) is 46.0 Å². The van der Waals surface area contributed by atoms with Gasteiger partial charge in [-0.25, -0.2) is 4.79 Å². The summed E-state index contributed by atoms with van der Waals surface area (Å²) in [7, 11) is 0. The van der Waals surface area contributed by atoms with E-state index in [4.69, 9.17) is 5.11 Å². The quantitative estimate of drug-likeness (QED) is 0.274. The summed E-state index contributed by atoms with van der Waals surface area (Å²) in [5.74, 6) is -1.02. The summed E-state index contributed by atoms with van der Waals surface area (Å²) in [5.41, 5.74) is -0.0539. The summed E-state index contributed by atoms with van der Waals surface area (Å²) in [6.07, 6.45) is 0. The number of aromatic carboxylic acids is 1. The molecule has 11 heteroatoms. The number of non-ortho nitro benzene ring substituents is 1. The number of nitro groups is 1. The molecule has 0 radical (unpaired) electrons. The number of H-pyrrole nitrogens is 2. The largest absolute Gasteiger partial charge is 0.478 e. The first-order valence-corrected chi connectivity index (χ1v) is 7.82. The fourth-order valence-electron chi connectivity index (χ4n) is 2.63. The first-order valence-electron chi connectivity index (χ1n) is 7.82. The van der Waals surface area contributed by atoms with Crippen molar-refractivity contribution in [2.24, 2.45) is 0 Å². The minimum Gasteiger partial charge on any atom is -0.478 e. The fourth-order valence-corrected chi connectivity index (χ4v) is 2.63. The summed E-state index contributed by atoms with van der Waals surface area (Å²) in [6, 6.07) is 8.76. The van der Waals surface area contributed by atoms with Crippen molar-refractivity contribution in [2.45, 2.75) is 13.1 Å². The SMILES string of the molecule is Cl.O=C(O)c1ccc(CNCc2cc([N+](=O)[O-])cc3[nH]c(=O)c(=O)[nH]c23)cc1. The number of rotatable bonds is 6. The Balaban J connectivity index is 0.00000280. The van der Waals surface area contributed by atoms with Crippen molar-refractivity contribution in [2.75, 3.05) is 0 Å². The van der Waals surface area contributed by atoms with Crippen molar-refractivity contribution < 1.29 is 14.8 Å². The van der Waals surface area contributed by atoms with Gasteiger partial charge in [0.2, 0.25) is 0 Å². The van der Waals surface area contributed by atoms with Gasteiger partial charge in [0.1, 0.15) is 0 Å². The van der Waals surface area contributed by atoms with Crippen LogP contribution in [0.25, 0.3) is 11.0 Å². The third kappa shape index (κ3) is 4.42. The minimum atomic E-state index is -1.02. The predicted octanol–water partition coefficient (Wildman–Crippen LogP) is 1.53. The number of halogens is 1. The molecule has 0 saturated carbocycles. The smallest absolute Gasteiger partial charge is 0.335 e. The Bertz CT molecular complexity index is 1150. The molecule has 4 N–H and O–H groups in total. The molecule has 0 amide bonds. The van der Waals surface area contributed by atoms with Crippen molar-refractivity contribution in [1.82, 2.24) is 15.3 Å². The van der Waals surface area contributed by atoms with Gasteiger partial charge in [-0.05, 0) is 23.3 Å². The van der Waals surface area contributed by atoms with Gasteiger partial charge in [0.15, 0.2) is 0 Å². The van der Waals surface area contributed by atoms with Crippen LogP contribution in [0.4, 0.5) is 5.69 Å². The molecular formula is C17H15ClN4O6. The van der Waals surface area contributed by atoms with E-state index in [9.17, 15) is 24.5 Å². The van der Waals surface area contributed by atoms with Crippen LogP contribution in [0.2, 0.25) is 0 Å². The van der Waals surface area contributed by atoms with Crippen molar-refractivity contribution >= 4 is 35.1 Å². The number of nitro benzene ring substituents is 1. The molecule has 0 saturated heterocycles. The normalized spacial score (nSPS) is 10.4. The molecule has 0 bridgehead atoms. The van der Waals surface area contributed by atoms with Crippen LogP contribution in [0.1, 0.15) is 21.5 Å². The van der Waals surface area contributed by atoms with Gasteiger partial charge in [-0.3, -0.25) is 19.7 Å². The van der Waals surface area contributed by atoms with E-state index >= 15 is 0 Å². The number of benzene rings is 2. The number of carboxylic acid groups (broad SMARTS) is 1. The topological polar surface area (TPSA) is 158 Å². The van der Waals surface area contributed by atoms with Crippen molar-refractivity contribution in [3.63, 3.8) is 0 Å². The summed E-state index contributed by atoms with van der Waals surface area (Å²) in [5, 5.41) is 23.1. The molecule has 0 aliphatic heterocycles. The molecule has 2 aromatic carbocycles. The zero-order chi connectivity index (χ0) is 19.6. The predicted molar refractivity (Wildman–Crippen MR) is 103 cm³/mol. The second-order valence-electron chi connectivity index (χ2n) is 5.80. The molecule has 0 spiro atoms. The van der Waals surface area contributed by atoms with E-state index in [0.717, 1.165) is 5.56 Å². The van der Waals surface area contributed by atoms with E-state index < -0.39 is 22.0 Å². The fraction of sp³-hybridized carbons (Fsp3) is 0.118. The molecule has 3 rings (SSSR count). The van der Waals surface area contributed by atoms with E-state index in [1.54, 1.807) is 12.1 Å². The number of carbonyl (C=O) groups is 1. The monoisotopic (exact) mass is 406 g/mol. The molecule has 0 aliphatic rings. The van der Waals surface area contributed by atoms with Gasteiger partial charge in [-0.2, -0.15) is 0 Å². The minimum absolute atomic E-state index is 0. The molecule has 28 heavy (non-hydrogen) atoms. The lowest BCUT2D eigenvalue weighted by Gasteiger charge is -2.09. The highest BCUT2D eigenvalue weighted by Gasteiger charge is 2.13. The van der Waals surface area contributed by atoms with Gasteiger partial charge in [0, 0.05) is 25.2 Å². The maximum atomic E-state index is 11.6. The van der Waals surface area contributed by atoms with Crippen LogP contribution in [0.3, 0.4) is 0 Å². The summed E-state index contributed by atoms with van der Waals surface area (Å²) in [6.45, 7) is 0.554.